The Hall–Kier alpha value is -1.04. The summed E-state index contributed by atoms with van der Waals surface area (Å²) in [6.45, 7) is -0.0768. The molecule has 1 rings (SSSR count). The van der Waals surface area contributed by atoms with Gasteiger partial charge in [0, 0.05) is 6.20 Å². The first-order valence-electron chi connectivity index (χ1n) is 2.76. The molecule has 0 aliphatic rings. The summed E-state index contributed by atoms with van der Waals surface area (Å²) in [6, 6.07) is 0. The molecule has 1 aromatic heterocycles. The van der Waals surface area contributed by atoms with Crippen LogP contribution >= 0.6 is 0 Å². The molecule has 0 saturated carbocycles. The summed E-state index contributed by atoms with van der Waals surface area (Å²) in [7, 11) is 0. The number of nitrogens with two attached hydrogens (primary N) is 1. The molecule has 0 saturated heterocycles. The molecule has 61 valence electrons. The molecule has 1 heterocycles. The minimum atomic E-state index is -4.38. The third-order valence-corrected chi connectivity index (χ3v) is 1.07. The van der Waals surface area contributed by atoms with Crippen LogP contribution in [0, 0.1) is 6.20 Å². The van der Waals surface area contributed by atoms with Crippen molar-refractivity contribution in [2.75, 3.05) is 0 Å². The second-order valence-corrected chi connectivity index (χ2v) is 1.87. The zero-order valence-electron chi connectivity index (χ0n) is 5.39. The first-order chi connectivity index (χ1) is 5.04. The van der Waals surface area contributed by atoms with Crippen molar-refractivity contribution >= 4 is 0 Å². The first-order valence-corrected chi connectivity index (χ1v) is 2.76. The van der Waals surface area contributed by atoms with Crippen LogP contribution in [0.2, 0.25) is 0 Å². The van der Waals surface area contributed by atoms with Crippen LogP contribution < -0.4 is 5.73 Å². The number of hydrogen-bond acceptors (Lipinski definition) is 2. The van der Waals surface area contributed by atoms with E-state index in [1.165, 1.54) is 0 Å². The molecule has 0 aliphatic carbocycles. The summed E-state index contributed by atoms with van der Waals surface area (Å²) in [5.41, 5.74) is 4.12. The van der Waals surface area contributed by atoms with E-state index in [1.807, 2.05) is 0 Å². The van der Waals surface area contributed by atoms with Gasteiger partial charge in [0.05, 0.1) is 6.67 Å². The van der Waals surface area contributed by atoms with Gasteiger partial charge in [0.15, 0.2) is 0 Å². The fourth-order valence-corrected chi connectivity index (χ4v) is 0.555. The van der Waals surface area contributed by atoms with Crippen LogP contribution in [0.1, 0.15) is 5.56 Å². The van der Waals surface area contributed by atoms with Gasteiger partial charge in [-0.3, -0.25) is 4.68 Å². The highest BCUT2D eigenvalue weighted by Crippen LogP contribution is 2.27. The quantitative estimate of drug-likeness (QED) is 0.661. The Morgan fingerprint density at radius 1 is 1.64 bits per heavy atom. The van der Waals surface area contributed by atoms with Crippen molar-refractivity contribution in [3.63, 3.8) is 0 Å². The number of aromatic nitrogens is 2. The molecule has 2 N–H and O–H groups in total. The number of nitrogens with zero attached hydrogens (tertiary/aromatic N) is 2. The molecule has 0 aliphatic heterocycles. The maximum atomic E-state index is 11.8. The Morgan fingerprint density at radius 2 is 2.27 bits per heavy atom. The zero-order chi connectivity index (χ0) is 8.48. The summed E-state index contributed by atoms with van der Waals surface area (Å²) >= 11 is 0. The molecule has 0 unspecified atom stereocenters. The van der Waals surface area contributed by atoms with Gasteiger partial charge in [-0.05, 0) is 0 Å². The topological polar surface area (TPSA) is 43.8 Å². The van der Waals surface area contributed by atoms with Crippen LogP contribution in [0.25, 0.3) is 0 Å². The van der Waals surface area contributed by atoms with Crippen LogP contribution in [0.4, 0.5) is 13.2 Å². The summed E-state index contributed by atoms with van der Waals surface area (Å²) in [5.74, 6) is 0. The van der Waals surface area contributed by atoms with Crippen molar-refractivity contribution < 1.29 is 13.2 Å². The van der Waals surface area contributed by atoms with Gasteiger partial charge in [0.1, 0.15) is 11.8 Å². The summed E-state index contributed by atoms with van der Waals surface area (Å²) in [6.07, 6.45) is -1.77. The van der Waals surface area contributed by atoms with E-state index in [4.69, 9.17) is 5.73 Å². The van der Waals surface area contributed by atoms with E-state index in [0.29, 0.717) is 0 Å². The van der Waals surface area contributed by atoms with E-state index in [2.05, 4.69) is 5.10 Å². The van der Waals surface area contributed by atoms with E-state index in [9.17, 15) is 13.2 Å². The van der Waals surface area contributed by atoms with Gasteiger partial charge >= 0.3 is 6.18 Å². The molecule has 0 fully saturated rings. The SMILES string of the molecule is NCn1cc(C(F)(F)F)[c]n1. The average Bonchev–Trinajstić information content (AvgIpc) is 2.32. The normalized spacial score (nSPS) is 12.0. The van der Waals surface area contributed by atoms with Gasteiger partial charge in [0.2, 0.25) is 0 Å². The number of rotatable bonds is 1. The van der Waals surface area contributed by atoms with Crippen LogP contribution in [-0.4, -0.2) is 9.78 Å². The van der Waals surface area contributed by atoms with E-state index in [1.54, 1.807) is 6.20 Å². The average molecular weight is 164 g/mol. The largest absolute Gasteiger partial charge is 0.420 e. The molecular weight excluding hydrogens is 159 g/mol. The highest BCUT2D eigenvalue weighted by atomic mass is 19.4. The smallest absolute Gasteiger partial charge is 0.312 e. The number of hydrogen-bond donors (Lipinski definition) is 1. The highest BCUT2D eigenvalue weighted by Gasteiger charge is 2.32. The Morgan fingerprint density at radius 3 is 2.55 bits per heavy atom. The Labute approximate surface area is 60.6 Å². The van der Waals surface area contributed by atoms with Gasteiger partial charge in [-0.2, -0.15) is 18.3 Å². The minimum absolute atomic E-state index is 0.0768. The van der Waals surface area contributed by atoms with Gasteiger partial charge in [-0.15, -0.1) is 0 Å². The fourth-order valence-electron chi connectivity index (χ4n) is 0.555. The molecule has 0 bridgehead atoms. The van der Waals surface area contributed by atoms with Crippen molar-refractivity contribution in [3.05, 3.63) is 18.0 Å². The molecule has 0 aromatic carbocycles. The van der Waals surface area contributed by atoms with E-state index < -0.39 is 11.7 Å². The first kappa shape index (κ1) is 8.06. The number of alkyl halides is 3. The zero-order valence-corrected chi connectivity index (χ0v) is 5.39. The molecule has 0 amide bonds. The highest BCUT2D eigenvalue weighted by molar-refractivity contribution is 5.06. The Balaban J connectivity index is 2.89. The van der Waals surface area contributed by atoms with Gasteiger partial charge in [-0.25, -0.2) is 0 Å². The molecule has 11 heavy (non-hydrogen) atoms. The number of halogens is 3. The third kappa shape index (κ3) is 1.70. The maximum absolute atomic E-state index is 11.8. The van der Waals surface area contributed by atoms with Crippen molar-refractivity contribution in [2.45, 2.75) is 12.8 Å². The summed E-state index contributed by atoms with van der Waals surface area (Å²) < 4.78 is 36.4. The second kappa shape index (κ2) is 2.54. The van der Waals surface area contributed by atoms with E-state index >= 15 is 0 Å². The lowest BCUT2D eigenvalue weighted by Gasteiger charge is -1.99. The maximum Gasteiger partial charge on any atom is 0.420 e. The van der Waals surface area contributed by atoms with Crippen LogP contribution in [0.3, 0.4) is 0 Å². The minimum Gasteiger partial charge on any atom is -0.312 e. The molecule has 0 atom stereocenters. The van der Waals surface area contributed by atoms with Crippen LogP contribution in [0.15, 0.2) is 6.20 Å². The monoisotopic (exact) mass is 164 g/mol. The van der Waals surface area contributed by atoms with Gasteiger partial charge < -0.3 is 5.73 Å². The van der Waals surface area contributed by atoms with E-state index in [0.717, 1.165) is 10.9 Å². The molecule has 6 heteroatoms. The molecule has 0 spiro atoms. The van der Waals surface area contributed by atoms with E-state index in [-0.39, 0.29) is 6.67 Å². The standard InChI is InChI=1S/C5H5F3N3/c6-5(7,8)4-1-10-11(2-4)3-9/h2H,3,9H2. The van der Waals surface area contributed by atoms with Crippen molar-refractivity contribution in [1.29, 1.82) is 0 Å². The molecule has 3 nitrogen and oxygen atoms in total. The predicted octanol–water partition coefficient (Wildman–Crippen LogP) is 0.618. The Bertz CT molecular complexity index is 239. The summed E-state index contributed by atoms with van der Waals surface area (Å²) in [4.78, 5) is 0. The predicted molar refractivity (Wildman–Crippen MR) is 30.3 cm³/mol. The second-order valence-electron chi connectivity index (χ2n) is 1.87. The van der Waals surface area contributed by atoms with Crippen LogP contribution in [0.5, 0.6) is 0 Å². The lowest BCUT2D eigenvalue weighted by molar-refractivity contribution is -0.137. The Kier molecular flexibility index (Phi) is 1.86. The van der Waals surface area contributed by atoms with Gasteiger partial charge in [0.25, 0.3) is 0 Å². The lowest BCUT2D eigenvalue weighted by Crippen LogP contribution is -2.07. The summed E-state index contributed by atoms with van der Waals surface area (Å²) in [5, 5.41) is 3.25. The van der Waals surface area contributed by atoms with Crippen molar-refractivity contribution in [3.8, 4) is 0 Å². The van der Waals surface area contributed by atoms with Crippen molar-refractivity contribution in [2.24, 2.45) is 5.73 Å². The van der Waals surface area contributed by atoms with Crippen molar-refractivity contribution in [1.82, 2.24) is 9.78 Å². The molecular formula is C5H5F3N3. The fraction of sp³-hybridized carbons (Fsp3) is 0.400. The lowest BCUT2D eigenvalue weighted by atomic mass is 10.4. The van der Waals surface area contributed by atoms with Crippen LogP contribution in [-0.2, 0) is 12.8 Å². The molecule has 1 radical (unpaired) electrons. The third-order valence-electron chi connectivity index (χ3n) is 1.07. The van der Waals surface area contributed by atoms with Gasteiger partial charge in [-0.1, -0.05) is 0 Å². The molecule has 1 aromatic rings.